The topological polar surface area (TPSA) is 97.5 Å². The number of rotatable bonds is 6. The number of nitrogens with zero attached hydrogens (tertiary/aromatic N) is 4. The summed E-state index contributed by atoms with van der Waals surface area (Å²) >= 11 is 0. The molecule has 4 rings (SSSR count). The quantitative estimate of drug-likeness (QED) is 0.605. The molecule has 0 unspecified atom stereocenters. The number of likely N-dealkylation sites (tertiary alicyclic amines) is 1. The molecule has 0 spiro atoms. The van der Waals surface area contributed by atoms with E-state index in [2.05, 4.69) is 15.5 Å². The highest BCUT2D eigenvalue weighted by Gasteiger charge is 2.31. The second kappa shape index (κ2) is 13.1. The van der Waals surface area contributed by atoms with Crippen molar-refractivity contribution in [3.05, 3.63) is 29.8 Å². The van der Waals surface area contributed by atoms with Gasteiger partial charge in [-0.25, -0.2) is 9.59 Å². The van der Waals surface area contributed by atoms with Gasteiger partial charge in [0.25, 0.3) is 5.91 Å². The molecule has 0 radical (unpaired) electrons. The van der Waals surface area contributed by atoms with E-state index in [9.17, 15) is 14.4 Å². The largest absolute Gasteiger partial charge is 0.439 e. The number of aryl methyl sites for hydroxylation is 1. The first-order chi connectivity index (χ1) is 18.0. The van der Waals surface area contributed by atoms with Gasteiger partial charge in [-0.05, 0) is 64.3 Å². The van der Waals surface area contributed by atoms with Crippen molar-refractivity contribution >= 4 is 23.7 Å². The summed E-state index contributed by atoms with van der Waals surface area (Å²) in [5.74, 6) is -0.127. The summed E-state index contributed by atoms with van der Waals surface area (Å²) in [4.78, 5) is 46.0. The van der Waals surface area contributed by atoms with Crippen LogP contribution < -0.4 is 10.6 Å². The maximum atomic E-state index is 12.9. The molecule has 10 heteroatoms. The molecular weight excluding hydrogens is 472 g/mol. The highest BCUT2D eigenvalue weighted by atomic mass is 16.6. The van der Waals surface area contributed by atoms with E-state index >= 15 is 0 Å². The third-order valence-electron chi connectivity index (χ3n) is 7.96. The minimum atomic E-state index is -0.451. The van der Waals surface area contributed by atoms with Crippen LogP contribution in [0.2, 0.25) is 0 Å². The van der Waals surface area contributed by atoms with Crippen LogP contribution in [0.25, 0.3) is 0 Å². The molecular formula is C27H42N6O4. The Balaban J connectivity index is 1.17. The Morgan fingerprint density at radius 2 is 1.65 bits per heavy atom. The van der Waals surface area contributed by atoms with E-state index in [1.807, 2.05) is 47.9 Å². The van der Waals surface area contributed by atoms with Crippen LogP contribution in [0.4, 0.5) is 15.3 Å². The molecule has 2 N–H and O–H groups in total. The van der Waals surface area contributed by atoms with Gasteiger partial charge in [-0.15, -0.1) is 0 Å². The Bertz CT molecular complexity index is 921. The molecule has 0 saturated carbocycles. The summed E-state index contributed by atoms with van der Waals surface area (Å²) in [7, 11) is 0. The number of nitrogens with one attached hydrogen (secondary N) is 2. The second-order valence-corrected chi connectivity index (χ2v) is 10.2. The number of piperidine rings is 2. The first kappa shape index (κ1) is 27.2. The fourth-order valence-electron chi connectivity index (χ4n) is 5.64. The van der Waals surface area contributed by atoms with E-state index in [4.69, 9.17) is 4.74 Å². The first-order valence-electron chi connectivity index (χ1n) is 13.7. The monoisotopic (exact) mass is 514 g/mol. The SMILES string of the molecule is CCN(C(=O)Nc1ccccc1C)C1CCN(C(=O)OCC(=O)N2CCN(C3CCNCC3)CC2)CC1. The van der Waals surface area contributed by atoms with Crippen LogP contribution in [-0.2, 0) is 9.53 Å². The van der Waals surface area contributed by atoms with Gasteiger partial charge in [-0.2, -0.15) is 0 Å². The van der Waals surface area contributed by atoms with Crippen LogP contribution in [0, 0.1) is 6.92 Å². The van der Waals surface area contributed by atoms with Crippen LogP contribution in [0.5, 0.6) is 0 Å². The molecule has 3 fully saturated rings. The highest BCUT2D eigenvalue weighted by molar-refractivity contribution is 5.90. The lowest BCUT2D eigenvalue weighted by Gasteiger charge is -2.41. The molecule has 3 heterocycles. The Morgan fingerprint density at radius 1 is 0.973 bits per heavy atom. The molecule has 37 heavy (non-hydrogen) atoms. The van der Waals surface area contributed by atoms with Gasteiger partial charge in [0.15, 0.2) is 6.61 Å². The lowest BCUT2D eigenvalue weighted by Crippen LogP contribution is -2.54. The number of carbonyl (C=O) groups excluding carboxylic acids is 3. The maximum absolute atomic E-state index is 12.9. The van der Waals surface area contributed by atoms with Gasteiger partial charge in [-0.1, -0.05) is 18.2 Å². The number of para-hydroxylation sites is 1. The van der Waals surface area contributed by atoms with Crippen LogP contribution in [0.15, 0.2) is 24.3 Å². The number of piperazine rings is 1. The normalized spacial score (nSPS) is 19.9. The first-order valence-corrected chi connectivity index (χ1v) is 13.7. The van der Waals surface area contributed by atoms with Gasteiger partial charge < -0.3 is 30.1 Å². The zero-order valence-corrected chi connectivity index (χ0v) is 22.3. The number of anilines is 1. The van der Waals surface area contributed by atoms with Gasteiger partial charge in [-0.3, -0.25) is 9.69 Å². The number of benzene rings is 1. The lowest BCUT2D eigenvalue weighted by atomic mass is 10.0. The Labute approximate surface area is 220 Å². The van der Waals surface area contributed by atoms with Crippen molar-refractivity contribution in [1.29, 1.82) is 0 Å². The van der Waals surface area contributed by atoms with E-state index in [1.54, 1.807) is 4.90 Å². The molecule has 3 saturated heterocycles. The molecule has 0 atom stereocenters. The maximum Gasteiger partial charge on any atom is 0.410 e. The molecule has 0 aliphatic carbocycles. The summed E-state index contributed by atoms with van der Waals surface area (Å²) < 4.78 is 5.38. The van der Waals surface area contributed by atoms with E-state index in [0.717, 1.165) is 50.3 Å². The van der Waals surface area contributed by atoms with Gasteiger partial charge in [0.2, 0.25) is 0 Å². The molecule has 3 aliphatic heterocycles. The smallest absolute Gasteiger partial charge is 0.410 e. The van der Waals surface area contributed by atoms with Crippen LogP contribution >= 0.6 is 0 Å². The summed E-state index contributed by atoms with van der Waals surface area (Å²) in [6.07, 6.45) is 3.23. The van der Waals surface area contributed by atoms with Crippen molar-refractivity contribution in [2.75, 3.05) is 70.8 Å². The van der Waals surface area contributed by atoms with Crippen molar-refractivity contribution in [3.63, 3.8) is 0 Å². The van der Waals surface area contributed by atoms with Crippen molar-refractivity contribution in [1.82, 2.24) is 24.9 Å². The minimum absolute atomic E-state index is 0.0518. The predicted octanol–water partition coefficient (Wildman–Crippen LogP) is 2.35. The minimum Gasteiger partial charge on any atom is -0.439 e. The number of urea groups is 1. The predicted molar refractivity (Wildman–Crippen MR) is 143 cm³/mol. The Hall–Kier alpha value is -2.85. The van der Waals surface area contributed by atoms with Gasteiger partial charge >= 0.3 is 12.1 Å². The molecule has 204 valence electrons. The molecule has 1 aromatic rings. The van der Waals surface area contributed by atoms with Gasteiger partial charge in [0.05, 0.1) is 0 Å². The third-order valence-corrected chi connectivity index (χ3v) is 7.96. The van der Waals surface area contributed by atoms with Crippen molar-refractivity contribution in [2.45, 2.75) is 51.6 Å². The summed E-state index contributed by atoms with van der Waals surface area (Å²) in [6.45, 7) is 10.6. The summed E-state index contributed by atoms with van der Waals surface area (Å²) in [5.41, 5.74) is 1.83. The van der Waals surface area contributed by atoms with E-state index < -0.39 is 6.09 Å². The Morgan fingerprint density at radius 3 is 2.30 bits per heavy atom. The number of carbonyl (C=O) groups is 3. The highest BCUT2D eigenvalue weighted by Crippen LogP contribution is 2.20. The molecule has 3 aliphatic rings. The van der Waals surface area contributed by atoms with Crippen LogP contribution in [-0.4, -0.2) is 115 Å². The zero-order valence-electron chi connectivity index (χ0n) is 22.3. The average Bonchev–Trinajstić information content (AvgIpc) is 2.94. The molecule has 4 amide bonds. The number of ether oxygens (including phenoxy) is 1. The van der Waals surface area contributed by atoms with Crippen molar-refractivity contribution in [3.8, 4) is 0 Å². The summed E-state index contributed by atoms with van der Waals surface area (Å²) in [5, 5.41) is 6.41. The molecule has 0 bridgehead atoms. The van der Waals surface area contributed by atoms with E-state index in [0.29, 0.717) is 51.6 Å². The molecule has 0 aromatic heterocycles. The van der Waals surface area contributed by atoms with Gasteiger partial charge in [0.1, 0.15) is 0 Å². The van der Waals surface area contributed by atoms with E-state index in [1.165, 1.54) is 0 Å². The number of hydrogen-bond acceptors (Lipinski definition) is 6. The zero-order chi connectivity index (χ0) is 26.2. The standard InChI is InChI=1S/C27H42N6O4/c1-3-33(26(35)29-24-7-5-4-6-21(24)2)23-10-14-32(15-11-23)27(36)37-20-25(34)31-18-16-30(17-19-31)22-8-12-28-13-9-22/h4-7,22-23,28H,3,8-20H2,1-2H3,(H,29,35). The average molecular weight is 515 g/mol. The second-order valence-electron chi connectivity index (χ2n) is 10.2. The van der Waals surface area contributed by atoms with E-state index in [-0.39, 0.29) is 24.6 Å². The summed E-state index contributed by atoms with van der Waals surface area (Å²) in [6, 6.07) is 8.26. The lowest BCUT2D eigenvalue weighted by molar-refractivity contribution is -0.136. The fourth-order valence-corrected chi connectivity index (χ4v) is 5.64. The molecule has 1 aromatic carbocycles. The number of amides is 4. The number of hydrogen-bond donors (Lipinski definition) is 2. The van der Waals surface area contributed by atoms with Crippen LogP contribution in [0.1, 0.15) is 38.2 Å². The van der Waals surface area contributed by atoms with Gasteiger partial charge in [0, 0.05) is 63.6 Å². The van der Waals surface area contributed by atoms with Crippen molar-refractivity contribution < 1.29 is 19.1 Å². The Kier molecular flexibility index (Phi) is 9.62. The van der Waals surface area contributed by atoms with Crippen LogP contribution in [0.3, 0.4) is 0 Å². The molecule has 10 nitrogen and oxygen atoms in total. The van der Waals surface area contributed by atoms with Crippen molar-refractivity contribution in [2.24, 2.45) is 0 Å². The fraction of sp³-hybridized carbons (Fsp3) is 0.667. The third kappa shape index (κ3) is 7.13.